The number of pyridine rings is 1. The molecule has 0 aromatic carbocycles. The van der Waals surface area contributed by atoms with E-state index in [1.54, 1.807) is 5.48 Å². The van der Waals surface area contributed by atoms with Gasteiger partial charge in [-0.25, -0.2) is 5.48 Å². The summed E-state index contributed by atoms with van der Waals surface area (Å²) >= 11 is 0. The normalized spacial score (nSPS) is 19.8. The monoisotopic (exact) mass is 233 g/mol. The van der Waals surface area contributed by atoms with Crippen molar-refractivity contribution in [2.24, 2.45) is 0 Å². The van der Waals surface area contributed by atoms with E-state index in [0.717, 1.165) is 36.8 Å². The Morgan fingerprint density at radius 3 is 3.06 bits per heavy atom. The van der Waals surface area contributed by atoms with Crippen LogP contribution in [-0.2, 0) is 13.0 Å². The minimum Gasteiger partial charge on any atom is -0.296 e. The van der Waals surface area contributed by atoms with Crippen molar-refractivity contribution in [1.29, 1.82) is 0 Å². The minimum atomic E-state index is -0.496. The molecule has 2 heterocycles. The number of carbonyl (C=O) groups is 1. The van der Waals surface area contributed by atoms with Gasteiger partial charge in [0.15, 0.2) is 0 Å². The van der Waals surface area contributed by atoms with E-state index >= 15 is 0 Å². The smallest absolute Gasteiger partial charge is 0.276 e. The zero-order chi connectivity index (χ0) is 11.8. The Morgan fingerprint density at radius 1 is 1.53 bits per heavy atom. The average molecular weight is 233 g/mol. The molecule has 3 rings (SSSR count). The molecule has 1 aromatic heterocycles. The van der Waals surface area contributed by atoms with Crippen LogP contribution in [0.25, 0.3) is 0 Å². The van der Waals surface area contributed by atoms with Crippen molar-refractivity contribution >= 4 is 5.91 Å². The number of amides is 1. The predicted molar refractivity (Wildman–Crippen MR) is 60.6 cm³/mol. The molecule has 17 heavy (non-hydrogen) atoms. The second kappa shape index (κ2) is 4.09. The quantitative estimate of drug-likeness (QED) is 0.583. The Bertz CT molecular complexity index is 457. The molecule has 1 aliphatic carbocycles. The number of aromatic nitrogens is 1. The van der Waals surface area contributed by atoms with Gasteiger partial charge in [0.05, 0.1) is 5.56 Å². The molecule has 1 fully saturated rings. The third-order valence-electron chi connectivity index (χ3n) is 3.50. The molecule has 5 nitrogen and oxygen atoms in total. The van der Waals surface area contributed by atoms with Gasteiger partial charge in [-0.2, -0.15) is 0 Å². The lowest BCUT2D eigenvalue weighted by Crippen LogP contribution is -2.33. The van der Waals surface area contributed by atoms with Crippen LogP contribution in [-0.4, -0.2) is 33.6 Å². The van der Waals surface area contributed by atoms with Crippen LogP contribution < -0.4 is 5.48 Å². The lowest BCUT2D eigenvalue weighted by Gasteiger charge is -2.28. The molecule has 2 aliphatic rings. The molecular weight excluding hydrogens is 218 g/mol. The standard InChI is InChI=1S/C12H15N3O2/c16-12(14-17)8-5-9-7-15(10-1-2-10)4-3-11(9)13-6-8/h5-6,10,17H,1-4,7H2,(H,14,16). The first kappa shape index (κ1) is 10.7. The lowest BCUT2D eigenvalue weighted by molar-refractivity contribution is 0.0705. The van der Waals surface area contributed by atoms with E-state index in [2.05, 4.69) is 9.88 Å². The highest BCUT2D eigenvalue weighted by Crippen LogP contribution is 2.31. The molecule has 0 spiro atoms. The maximum Gasteiger partial charge on any atom is 0.276 e. The summed E-state index contributed by atoms with van der Waals surface area (Å²) in [6.45, 7) is 1.94. The van der Waals surface area contributed by atoms with Crippen molar-refractivity contribution in [1.82, 2.24) is 15.4 Å². The van der Waals surface area contributed by atoms with Gasteiger partial charge in [-0.3, -0.25) is 19.9 Å². The number of nitrogens with zero attached hydrogens (tertiary/aromatic N) is 2. The maximum atomic E-state index is 11.3. The highest BCUT2D eigenvalue weighted by atomic mass is 16.5. The summed E-state index contributed by atoms with van der Waals surface area (Å²) in [5.41, 5.74) is 4.26. The maximum absolute atomic E-state index is 11.3. The van der Waals surface area contributed by atoms with Crippen LogP contribution in [0.3, 0.4) is 0 Å². The molecule has 2 N–H and O–H groups in total. The number of fused-ring (bicyclic) bond motifs is 1. The number of hydrogen-bond donors (Lipinski definition) is 2. The summed E-state index contributed by atoms with van der Waals surface area (Å²) in [5, 5.41) is 8.60. The van der Waals surface area contributed by atoms with Gasteiger partial charge in [0.1, 0.15) is 0 Å². The number of hydrogen-bond acceptors (Lipinski definition) is 4. The van der Waals surface area contributed by atoms with Crippen molar-refractivity contribution in [2.45, 2.75) is 31.8 Å². The SMILES string of the molecule is O=C(NO)c1cnc2c(c1)CN(C1CC1)CC2. The van der Waals surface area contributed by atoms with Crippen molar-refractivity contribution < 1.29 is 10.0 Å². The Balaban J connectivity index is 1.85. The van der Waals surface area contributed by atoms with Crippen LogP contribution in [0.15, 0.2) is 12.3 Å². The second-order valence-corrected chi connectivity index (χ2v) is 4.72. The zero-order valence-corrected chi connectivity index (χ0v) is 9.52. The summed E-state index contributed by atoms with van der Waals surface area (Å²) in [7, 11) is 0. The van der Waals surface area contributed by atoms with Gasteiger partial charge >= 0.3 is 0 Å². The van der Waals surface area contributed by atoms with E-state index in [-0.39, 0.29) is 0 Å². The van der Waals surface area contributed by atoms with E-state index in [1.165, 1.54) is 19.0 Å². The number of hydroxylamine groups is 1. The van der Waals surface area contributed by atoms with E-state index in [9.17, 15) is 4.79 Å². The molecule has 0 bridgehead atoms. The predicted octanol–water partition coefficient (Wildman–Crippen LogP) is 0.721. The van der Waals surface area contributed by atoms with Crippen LogP contribution in [0.1, 0.15) is 34.5 Å². The molecule has 1 amide bonds. The van der Waals surface area contributed by atoms with Crippen molar-refractivity contribution in [2.75, 3.05) is 6.54 Å². The number of rotatable bonds is 2. The number of nitrogens with one attached hydrogen (secondary N) is 1. The Labute approximate surface area is 99.4 Å². The third kappa shape index (κ3) is 2.03. The fraction of sp³-hybridized carbons (Fsp3) is 0.500. The Morgan fingerprint density at radius 2 is 2.35 bits per heavy atom. The van der Waals surface area contributed by atoms with E-state index < -0.39 is 5.91 Å². The van der Waals surface area contributed by atoms with E-state index in [4.69, 9.17) is 5.21 Å². The molecule has 1 saturated carbocycles. The van der Waals surface area contributed by atoms with Crippen LogP contribution in [0.5, 0.6) is 0 Å². The van der Waals surface area contributed by atoms with E-state index in [0.29, 0.717) is 5.56 Å². The molecule has 0 radical (unpaired) electrons. The number of carbonyl (C=O) groups excluding carboxylic acids is 1. The lowest BCUT2D eigenvalue weighted by atomic mass is 10.0. The van der Waals surface area contributed by atoms with Gasteiger partial charge in [-0.15, -0.1) is 0 Å². The summed E-state index contributed by atoms with van der Waals surface area (Å²) in [6.07, 6.45) is 5.06. The summed E-state index contributed by atoms with van der Waals surface area (Å²) in [5.74, 6) is -0.496. The molecule has 5 heteroatoms. The van der Waals surface area contributed by atoms with Gasteiger partial charge in [-0.05, 0) is 24.5 Å². The highest BCUT2D eigenvalue weighted by molar-refractivity contribution is 5.93. The van der Waals surface area contributed by atoms with Gasteiger partial charge in [0.2, 0.25) is 0 Å². The van der Waals surface area contributed by atoms with Crippen molar-refractivity contribution in [3.8, 4) is 0 Å². The minimum absolute atomic E-state index is 0.420. The van der Waals surface area contributed by atoms with Crippen LogP contribution in [0.4, 0.5) is 0 Å². The largest absolute Gasteiger partial charge is 0.296 e. The summed E-state index contributed by atoms with van der Waals surface area (Å²) in [4.78, 5) is 18.1. The third-order valence-corrected chi connectivity index (χ3v) is 3.50. The van der Waals surface area contributed by atoms with Gasteiger partial charge in [0, 0.05) is 37.4 Å². The molecule has 1 aliphatic heterocycles. The van der Waals surface area contributed by atoms with E-state index in [1.807, 2.05) is 6.07 Å². The summed E-state index contributed by atoms with van der Waals surface area (Å²) in [6, 6.07) is 2.57. The fourth-order valence-corrected chi connectivity index (χ4v) is 2.39. The average Bonchev–Trinajstić information content (AvgIpc) is 3.20. The Kier molecular flexibility index (Phi) is 2.57. The van der Waals surface area contributed by atoms with Crippen LogP contribution in [0.2, 0.25) is 0 Å². The Hall–Kier alpha value is -1.46. The second-order valence-electron chi connectivity index (χ2n) is 4.72. The zero-order valence-electron chi connectivity index (χ0n) is 9.52. The molecule has 0 saturated heterocycles. The first-order valence-electron chi connectivity index (χ1n) is 5.94. The highest BCUT2D eigenvalue weighted by Gasteiger charge is 2.31. The van der Waals surface area contributed by atoms with Crippen LogP contribution in [0, 0.1) is 0 Å². The first-order valence-corrected chi connectivity index (χ1v) is 5.94. The fourth-order valence-electron chi connectivity index (χ4n) is 2.39. The van der Waals surface area contributed by atoms with Crippen molar-refractivity contribution in [3.05, 3.63) is 29.1 Å². The molecule has 0 unspecified atom stereocenters. The molecular formula is C12H15N3O2. The van der Waals surface area contributed by atoms with Gasteiger partial charge < -0.3 is 0 Å². The van der Waals surface area contributed by atoms with Crippen molar-refractivity contribution in [3.63, 3.8) is 0 Å². The molecule has 0 atom stereocenters. The molecule has 90 valence electrons. The van der Waals surface area contributed by atoms with Gasteiger partial charge in [-0.1, -0.05) is 0 Å². The topological polar surface area (TPSA) is 65.5 Å². The van der Waals surface area contributed by atoms with Crippen LogP contribution >= 0.6 is 0 Å². The molecule has 1 aromatic rings. The summed E-state index contributed by atoms with van der Waals surface area (Å²) < 4.78 is 0. The first-order chi connectivity index (χ1) is 8.28. The van der Waals surface area contributed by atoms with Gasteiger partial charge in [0.25, 0.3) is 5.91 Å².